The van der Waals surface area contributed by atoms with E-state index in [4.69, 9.17) is 11.6 Å². The Bertz CT molecular complexity index is 425. The second-order valence-electron chi connectivity index (χ2n) is 3.92. The molecule has 0 N–H and O–H groups in total. The van der Waals surface area contributed by atoms with Crippen LogP contribution in [-0.4, -0.2) is 4.92 Å². The predicted molar refractivity (Wildman–Crippen MR) is 63.1 cm³/mol. The molecule has 84 valence electrons. The molecule has 0 spiro atoms. The normalized spacial score (nSPS) is 20.3. The fourth-order valence-electron chi connectivity index (χ4n) is 2.10. The van der Waals surface area contributed by atoms with Gasteiger partial charge in [0.1, 0.15) is 0 Å². The fraction of sp³-hybridized carbons (Fsp3) is 0.333. The van der Waals surface area contributed by atoms with Crippen molar-refractivity contribution in [3.8, 4) is 0 Å². The molecule has 2 rings (SSSR count). The van der Waals surface area contributed by atoms with Gasteiger partial charge < -0.3 is 0 Å². The highest BCUT2D eigenvalue weighted by atomic mass is 35.5. The molecular formula is C12H12ClNO2. The smallest absolute Gasteiger partial charge is 0.249 e. The summed E-state index contributed by atoms with van der Waals surface area (Å²) >= 11 is 5.80. The lowest BCUT2D eigenvalue weighted by molar-refractivity contribution is -0.431. The predicted octanol–water partition coefficient (Wildman–Crippen LogP) is 3.77. The van der Waals surface area contributed by atoms with E-state index < -0.39 is 0 Å². The molecule has 0 radical (unpaired) electrons. The van der Waals surface area contributed by atoms with E-state index >= 15 is 0 Å². The van der Waals surface area contributed by atoms with Gasteiger partial charge in [0.25, 0.3) is 0 Å². The Morgan fingerprint density at radius 3 is 2.62 bits per heavy atom. The number of allylic oxidation sites excluding steroid dienone is 2. The molecule has 0 heterocycles. The molecule has 0 bridgehead atoms. The number of hydrogen-bond acceptors (Lipinski definition) is 2. The van der Waals surface area contributed by atoms with Gasteiger partial charge >= 0.3 is 0 Å². The summed E-state index contributed by atoms with van der Waals surface area (Å²) in [5, 5.41) is 11.6. The number of rotatable bonds is 2. The van der Waals surface area contributed by atoms with Gasteiger partial charge in [-0.05, 0) is 43.0 Å². The molecule has 1 aromatic rings. The van der Waals surface area contributed by atoms with Crippen LogP contribution in [0.2, 0.25) is 5.02 Å². The average molecular weight is 238 g/mol. The van der Waals surface area contributed by atoms with Crippen molar-refractivity contribution in [2.75, 3.05) is 0 Å². The molecule has 0 unspecified atom stereocenters. The number of halogens is 1. The van der Waals surface area contributed by atoms with Gasteiger partial charge in [-0.15, -0.1) is 0 Å². The Hall–Kier alpha value is -1.35. The van der Waals surface area contributed by atoms with Crippen molar-refractivity contribution < 1.29 is 4.92 Å². The second-order valence-corrected chi connectivity index (χ2v) is 4.36. The summed E-state index contributed by atoms with van der Waals surface area (Å²) in [6, 6.07) is 7.30. The maximum Gasteiger partial charge on any atom is 0.249 e. The van der Waals surface area contributed by atoms with Crippen molar-refractivity contribution >= 4 is 11.6 Å². The van der Waals surface area contributed by atoms with Crippen molar-refractivity contribution in [2.45, 2.75) is 25.2 Å². The van der Waals surface area contributed by atoms with E-state index in [9.17, 15) is 10.1 Å². The van der Waals surface area contributed by atoms with E-state index in [0.717, 1.165) is 24.8 Å². The third-order valence-corrected chi connectivity index (χ3v) is 3.14. The van der Waals surface area contributed by atoms with E-state index in [-0.39, 0.29) is 10.8 Å². The largest absolute Gasteiger partial charge is 0.259 e. The molecule has 0 aliphatic heterocycles. The van der Waals surface area contributed by atoms with Crippen LogP contribution in [0.5, 0.6) is 0 Å². The van der Waals surface area contributed by atoms with E-state index in [2.05, 4.69) is 0 Å². The van der Waals surface area contributed by atoms with Crippen LogP contribution in [0.4, 0.5) is 0 Å². The van der Waals surface area contributed by atoms with Crippen LogP contribution in [0.1, 0.15) is 30.7 Å². The zero-order valence-corrected chi connectivity index (χ0v) is 9.48. The summed E-state index contributed by atoms with van der Waals surface area (Å²) in [6.45, 7) is 0. The Kier molecular flexibility index (Phi) is 3.25. The molecule has 16 heavy (non-hydrogen) atoms. The molecule has 4 heteroatoms. The maximum atomic E-state index is 10.9. The first-order valence-electron chi connectivity index (χ1n) is 5.28. The third-order valence-electron chi connectivity index (χ3n) is 2.89. The summed E-state index contributed by atoms with van der Waals surface area (Å²) in [5.74, 6) is -0.0824. The van der Waals surface area contributed by atoms with E-state index in [0.29, 0.717) is 10.7 Å². The van der Waals surface area contributed by atoms with Gasteiger partial charge in [0, 0.05) is 5.02 Å². The van der Waals surface area contributed by atoms with Crippen molar-refractivity contribution in [1.82, 2.24) is 0 Å². The highest BCUT2D eigenvalue weighted by molar-refractivity contribution is 6.30. The third kappa shape index (κ3) is 2.25. The Balaban J connectivity index is 2.31. The minimum atomic E-state index is -0.265. The van der Waals surface area contributed by atoms with E-state index in [1.807, 2.05) is 12.1 Å². The Morgan fingerprint density at radius 1 is 1.31 bits per heavy atom. The van der Waals surface area contributed by atoms with Crippen LogP contribution in [0.15, 0.2) is 36.0 Å². The van der Waals surface area contributed by atoms with Gasteiger partial charge in [-0.1, -0.05) is 23.7 Å². The summed E-state index contributed by atoms with van der Waals surface area (Å²) in [7, 11) is 0. The lowest BCUT2D eigenvalue weighted by atomic mass is 9.86. The molecule has 1 atom stereocenters. The van der Waals surface area contributed by atoms with Crippen LogP contribution in [-0.2, 0) is 0 Å². The first-order chi connectivity index (χ1) is 7.68. The number of nitro groups is 1. The summed E-state index contributed by atoms with van der Waals surface area (Å²) in [6.07, 6.45) is 4.39. The number of hydrogen-bond donors (Lipinski definition) is 0. The van der Waals surface area contributed by atoms with Crippen LogP contribution >= 0.6 is 11.6 Å². The summed E-state index contributed by atoms with van der Waals surface area (Å²) < 4.78 is 0. The van der Waals surface area contributed by atoms with Gasteiger partial charge in [-0.3, -0.25) is 10.1 Å². The minimum absolute atomic E-state index is 0.0824. The molecule has 3 nitrogen and oxygen atoms in total. The second kappa shape index (κ2) is 4.66. The van der Waals surface area contributed by atoms with Crippen molar-refractivity contribution in [2.24, 2.45) is 0 Å². The molecule has 0 saturated carbocycles. The highest BCUT2D eigenvalue weighted by Gasteiger charge is 2.28. The van der Waals surface area contributed by atoms with Crippen LogP contribution in [0.25, 0.3) is 0 Å². The molecule has 0 saturated heterocycles. The van der Waals surface area contributed by atoms with Gasteiger partial charge in [0.15, 0.2) is 0 Å². The number of nitrogens with zero attached hydrogens (tertiary/aromatic N) is 1. The van der Waals surface area contributed by atoms with Crippen LogP contribution in [0, 0.1) is 10.1 Å². The van der Waals surface area contributed by atoms with Gasteiger partial charge in [-0.25, -0.2) is 0 Å². The zero-order valence-electron chi connectivity index (χ0n) is 8.73. The zero-order chi connectivity index (χ0) is 11.5. The Labute approximate surface area is 98.9 Å². The summed E-state index contributed by atoms with van der Waals surface area (Å²) in [5.41, 5.74) is 1.31. The Morgan fingerprint density at radius 2 is 2.00 bits per heavy atom. The first-order valence-corrected chi connectivity index (χ1v) is 5.66. The highest BCUT2D eigenvalue weighted by Crippen LogP contribution is 2.34. The van der Waals surface area contributed by atoms with Crippen molar-refractivity contribution in [3.63, 3.8) is 0 Å². The van der Waals surface area contributed by atoms with E-state index in [1.54, 1.807) is 18.2 Å². The lowest BCUT2D eigenvalue weighted by Gasteiger charge is -2.18. The molecule has 1 aromatic carbocycles. The first kappa shape index (κ1) is 11.1. The molecule has 0 amide bonds. The van der Waals surface area contributed by atoms with Gasteiger partial charge in [0.05, 0.1) is 10.8 Å². The van der Waals surface area contributed by atoms with E-state index in [1.165, 1.54) is 0 Å². The van der Waals surface area contributed by atoms with Crippen LogP contribution < -0.4 is 0 Å². The SMILES string of the molecule is O=[N+]([O-])C1=CCCC[C@H]1c1ccc(Cl)cc1. The molecule has 0 fully saturated rings. The quantitative estimate of drug-likeness (QED) is 0.581. The number of benzene rings is 1. The van der Waals surface area contributed by atoms with Gasteiger partial charge in [-0.2, -0.15) is 0 Å². The molecule has 1 aliphatic rings. The molecule has 0 aromatic heterocycles. The molecular weight excluding hydrogens is 226 g/mol. The van der Waals surface area contributed by atoms with Gasteiger partial charge in [0.2, 0.25) is 5.70 Å². The molecule has 1 aliphatic carbocycles. The summed E-state index contributed by atoms with van der Waals surface area (Å²) in [4.78, 5) is 10.7. The van der Waals surface area contributed by atoms with Crippen molar-refractivity contribution in [3.05, 3.63) is 56.7 Å². The minimum Gasteiger partial charge on any atom is -0.259 e. The van der Waals surface area contributed by atoms with Crippen LogP contribution in [0.3, 0.4) is 0 Å². The lowest BCUT2D eigenvalue weighted by Crippen LogP contribution is -2.13. The maximum absolute atomic E-state index is 10.9. The standard InChI is InChI=1S/C12H12ClNO2/c13-10-7-5-9(6-8-10)11-3-1-2-4-12(11)14(15)16/h4-8,11H,1-3H2/t11-/m0/s1. The average Bonchev–Trinajstić information content (AvgIpc) is 2.30. The topological polar surface area (TPSA) is 43.1 Å². The monoisotopic (exact) mass is 237 g/mol. The fourth-order valence-corrected chi connectivity index (χ4v) is 2.22. The van der Waals surface area contributed by atoms with Crippen molar-refractivity contribution in [1.29, 1.82) is 0 Å².